The van der Waals surface area contributed by atoms with Crippen molar-refractivity contribution in [2.24, 2.45) is 5.10 Å². The van der Waals surface area contributed by atoms with Crippen molar-refractivity contribution in [3.05, 3.63) is 86.7 Å². The first-order valence-electron chi connectivity index (χ1n) is 8.11. The molecule has 0 saturated heterocycles. The van der Waals surface area contributed by atoms with Gasteiger partial charge in [0.2, 0.25) is 0 Å². The van der Waals surface area contributed by atoms with Gasteiger partial charge in [0.1, 0.15) is 11.5 Å². The number of amides is 2. The lowest BCUT2D eigenvalue weighted by Crippen LogP contribution is -2.24. The highest BCUT2D eigenvalue weighted by Gasteiger charge is 2.08. The summed E-state index contributed by atoms with van der Waals surface area (Å²) in [5, 5.41) is 27.5. The molecule has 11 nitrogen and oxygen atoms in total. The lowest BCUT2D eigenvalue weighted by atomic mass is 10.1. The lowest BCUT2D eigenvalue weighted by Gasteiger charge is -2.03. The van der Waals surface area contributed by atoms with Crippen LogP contribution in [-0.4, -0.2) is 22.1 Å². The van der Waals surface area contributed by atoms with Gasteiger partial charge < -0.3 is 9.73 Å². The van der Waals surface area contributed by atoms with Crippen LogP contribution in [0.1, 0.15) is 5.76 Å². The predicted octanol–water partition coefficient (Wildman–Crippen LogP) is 3.92. The second kappa shape index (κ2) is 8.43. The maximum absolute atomic E-state index is 11.8. The van der Waals surface area contributed by atoms with Gasteiger partial charge in [0.15, 0.2) is 0 Å². The van der Waals surface area contributed by atoms with Gasteiger partial charge in [0, 0.05) is 35.5 Å². The molecule has 1 heterocycles. The SMILES string of the molecule is O=C(N/N=C/c1ccc(-c2ccc([N+](=O)[O-])cc2)o1)Nc1ccc([N+](=O)[O-])cc1. The van der Waals surface area contributed by atoms with E-state index in [-0.39, 0.29) is 11.4 Å². The van der Waals surface area contributed by atoms with E-state index in [1.807, 2.05) is 0 Å². The third-order valence-electron chi connectivity index (χ3n) is 3.68. The van der Waals surface area contributed by atoms with Crippen molar-refractivity contribution in [2.45, 2.75) is 0 Å². The highest BCUT2D eigenvalue weighted by molar-refractivity contribution is 5.90. The van der Waals surface area contributed by atoms with Gasteiger partial charge in [-0.25, -0.2) is 10.2 Å². The molecule has 11 heteroatoms. The number of urea groups is 1. The van der Waals surface area contributed by atoms with E-state index in [1.54, 1.807) is 24.3 Å². The Kier molecular flexibility index (Phi) is 5.59. The number of rotatable bonds is 6. The second-order valence-electron chi connectivity index (χ2n) is 5.63. The van der Waals surface area contributed by atoms with Crippen molar-refractivity contribution in [3.8, 4) is 11.3 Å². The quantitative estimate of drug-likeness (QED) is 0.366. The molecule has 2 aromatic carbocycles. The third kappa shape index (κ3) is 5.01. The zero-order chi connectivity index (χ0) is 20.8. The van der Waals surface area contributed by atoms with E-state index in [2.05, 4.69) is 15.8 Å². The fourth-order valence-corrected chi connectivity index (χ4v) is 2.30. The number of nitro benzene ring substituents is 2. The fraction of sp³-hybridized carbons (Fsp3) is 0. The first kappa shape index (κ1) is 19.2. The molecule has 1 aromatic heterocycles. The van der Waals surface area contributed by atoms with Crippen LogP contribution in [0.25, 0.3) is 11.3 Å². The van der Waals surface area contributed by atoms with Gasteiger partial charge in [0.05, 0.1) is 16.1 Å². The molecule has 29 heavy (non-hydrogen) atoms. The summed E-state index contributed by atoms with van der Waals surface area (Å²) in [7, 11) is 0. The number of nitrogens with zero attached hydrogens (tertiary/aromatic N) is 3. The Morgan fingerprint density at radius 2 is 1.48 bits per heavy atom. The molecule has 3 rings (SSSR count). The van der Waals surface area contributed by atoms with Crippen molar-refractivity contribution >= 4 is 29.3 Å². The Hall–Kier alpha value is -4.54. The van der Waals surface area contributed by atoms with Crippen LogP contribution >= 0.6 is 0 Å². The molecule has 3 aromatic rings. The monoisotopic (exact) mass is 395 g/mol. The molecule has 0 bridgehead atoms. The van der Waals surface area contributed by atoms with Crippen molar-refractivity contribution in [2.75, 3.05) is 5.32 Å². The average molecular weight is 395 g/mol. The van der Waals surface area contributed by atoms with Crippen LogP contribution in [-0.2, 0) is 0 Å². The highest BCUT2D eigenvalue weighted by atomic mass is 16.6. The van der Waals surface area contributed by atoms with Gasteiger partial charge in [-0.3, -0.25) is 20.2 Å². The lowest BCUT2D eigenvalue weighted by molar-refractivity contribution is -0.385. The maximum Gasteiger partial charge on any atom is 0.339 e. The van der Waals surface area contributed by atoms with E-state index >= 15 is 0 Å². The zero-order valence-electron chi connectivity index (χ0n) is 14.6. The van der Waals surface area contributed by atoms with Crippen molar-refractivity contribution in [3.63, 3.8) is 0 Å². The number of anilines is 1. The number of benzene rings is 2. The highest BCUT2D eigenvalue weighted by Crippen LogP contribution is 2.24. The third-order valence-corrected chi connectivity index (χ3v) is 3.68. The predicted molar refractivity (Wildman–Crippen MR) is 104 cm³/mol. The van der Waals surface area contributed by atoms with E-state index in [1.165, 1.54) is 42.6 Å². The summed E-state index contributed by atoms with van der Waals surface area (Å²) in [6, 6.07) is 13.8. The molecule has 0 aliphatic heterocycles. The average Bonchev–Trinajstić information content (AvgIpc) is 3.17. The van der Waals surface area contributed by atoms with Crippen LogP contribution in [0, 0.1) is 20.2 Å². The van der Waals surface area contributed by atoms with Gasteiger partial charge in [-0.1, -0.05) is 0 Å². The number of nitrogens with one attached hydrogen (secondary N) is 2. The van der Waals surface area contributed by atoms with Crippen molar-refractivity contribution in [1.82, 2.24) is 5.43 Å². The molecule has 0 fully saturated rings. The Balaban J connectivity index is 1.56. The molecule has 0 atom stereocenters. The number of hydrogen-bond acceptors (Lipinski definition) is 7. The summed E-state index contributed by atoms with van der Waals surface area (Å²) in [4.78, 5) is 32.0. The number of carbonyl (C=O) groups excluding carboxylic acids is 1. The summed E-state index contributed by atoms with van der Waals surface area (Å²) in [5.41, 5.74) is 3.14. The smallest absolute Gasteiger partial charge is 0.339 e. The van der Waals surface area contributed by atoms with Crippen LogP contribution in [0.3, 0.4) is 0 Å². The standard InChI is InChI=1S/C18H13N5O6/c24-18(20-13-3-7-15(8-4-13)23(27)28)21-19-11-16-9-10-17(29-16)12-1-5-14(6-2-12)22(25)26/h1-11H,(H2,20,21,24)/b19-11+. The molecule has 146 valence electrons. The summed E-state index contributed by atoms with van der Waals surface area (Å²) in [6.07, 6.45) is 1.28. The van der Waals surface area contributed by atoms with Gasteiger partial charge in [-0.2, -0.15) is 5.10 Å². The van der Waals surface area contributed by atoms with Crippen molar-refractivity contribution < 1.29 is 19.1 Å². The van der Waals surface area contributed by atoms with E-state index < -0.39 is 15.9 Å². The molecule has 0 aliphatic rings. The summed E-state index contributed by atoms with van der Waals surface area (Å²) in [6.45, 7) is 0. The molecule has 2 N–H and O–H groups in total. The summed E-state index contributed by atoms with van der Waals surface area (Å²) < 4.78 is 5.55. The normalized spacial score (nSPS) is 10.6. The number of hydrazone groups is 1. The second-order valence-corrected chi connectivity index (χ2v) is 5.63. The van der Waals surface area contributed by atoms with Crippen LogP contribution in [0.4, 0.5) is 21.9 Å². The first-order valence-corrected chi connectivity index (χ1v) is 8.11. The van der Waals surface area contributed by atoms with Gasteiger partial charge in [-0.15, -0.1) is 0 Å². The molecule has 0 aliphatic carbocycles. The van der Waals surface area contributed by atoms with Gasteiger partial charge in [-0.05, 0) is 36.4 Å². The molecule has 2 amide bonds. The molecule has 0 unspecified atom stereocenters. The van der Waals surface area contributed by atoms with Crippen LogP contribution < -0.4 is 10.7 Å². The zero-order valence-corrected chi connectivity index (χ0v) is 14.6. The van der Waals surface area contributed by atoms with E-state index in [4.69, 9.17) is 4.42 Å². The maximum atomic E-state index is 11.8. The topological polar surface area (TPSA) is 153 Å². The van der Waals surface area contributed by atoms with Crippen LogP contribution in [0.15, 0.2) is 70.2 Å². The Morgan fingerprint density at radius 1 is 0.897 bits per heavy atom. The number of carbonyl (C=O) groups is 1. The number of non-ortho nitro benzene ring substituents is 2. The minimum absolute atomic E-state index is 0.0228. The Bertz CT molecular complexity index is 1070. The van der Waals surface area contributed by atoms with E-state index in [0.717, 1.165) is 0 Å². The van der Waals surface area contributed by atoms with E-state index in [9.17, 15) is 25.0 Å². The van der Waals surface area contributed by atoms with E-state index in [0.29, 0.717) is 22.8 Å². The summed E-state index contributed by atoms with van der Waals surface area (Å²) >= 11 is 0. The Labute approximate surface area is 163 Å². The minimum Gasteiger partial charge on any atom is -0.455 e. The van der Waals surface area contributed by atoms with Gasteiger partial charge in [0.25, 0.3) is 11.4 Å². The number of nitro groups is 2. The molecule has 0 radical (unpaired) electrons. The minimum atomic E-state index is -0.641. The van der Waals surface area contributed by atoms with Crippen molar-refractivity contribution in [1.29, 1.82) is 0 Å². The van der Waals surface area contributed by atoms with Crippen LogP contribution in [0.2, 0.25) is 0 Å². The first-order chi connectivity index (χ1) is 13.9. The number of hydrogen-bond donors (Lipinski definition) is 2. The molecule has 0 spiro atoms. The fourth-order valence-electron chi connectivity index (χ4n) is 2.30. The van der Waals surface area contributed by atoms with Crippen LogP contribution in [0.5, 0.6) is 0 Å². The summed E-state index contributed by atoms with van der Waals surface area (Å²) in [5.74, 6) is 0.839. The number of furan rings is 1. The molecule has 0 saturated carbocycles. The molecular weight excluding hydrogens is 382 g/mol. The Morgan fingerprint density at radius 3 is 2.07 bits per heavy atom. The molecular formula is C18H13N5O6. The largest absolute Gasteiger partial charge is 0.455 e. The van der Waals surface area contributed by atoms with Gasteiger partial charge >= 0.3 is 6.03 Å².